The molecule has 1 N–H and O–H groups in total. The molecule has 5 aliphatic carbocycles. The Morgan fingerprint density at radius 1 is 1.11 bits per heavy atom. The zero-order valence-electron chi connectivity index (χ0n) is 17.3. The first-order chi connectivity index (χ1) is 13.3. The molecule has 0 radical (unpaired) electrons. The Kier molecular flexibility index (Phi) is 4.15. The Morgan fingerprint density at radius 2 is 1.68 bits per heavy atom. The molecule has 0 unspecified atom stereocenters. The summed E-state index contributed by atoms with van der Waals surface area (Å²) in [5, 5.41) is 3.32. The van der Waals surface area contributed by atoms with E-state index in [0.29, 0.717) is 11.6 Å². The third-order valence-electron chi connectivity index (χ3n) is 7.70. The van der Waals surface area contributed by atoms with Gasteiger partial charge < -0.3 is 14.6 Å². The van der Waals surface area contributed by atoms with Crippen molar-refractivity contribution in [3.05, 3.63) is 23.0 Å². The first-order valence-corrected chi connectivity index (χ1v) is 11.0. The third-order valence-corrected chi connectivity index (χ3v) is 7.70. The first kappa shape index (κ1) is 18.3. The second-order valence-corrected chi connectivity index (χ2v) is 10.1. The molecule has 5 fully saturated rings. The predicted molar refractivity (Wildman–Crippen MR) is 106 cm³/mol. The van der Waals surface area contributed by atoms with Crippen molar-refractivity contribution in [3.63, 3.8) is 0 Å². The minimum atomic E-state index is -0.760. The van der Waals surface area contributed by atoms with Gasteiger partial charge >= 0.3 is 5.97 Å². The van der Waals surface area contributed by atoms with Crippen molar-refractivity contribution in [1.82, 2.24) is 9.88 Å². The van der Waals surface area contributed by atoms with Crippen LogP contribution < -0.4 is 5.32 Å². The van der Waals surface area contributed by atoms with Gasteiger partial charge in [0.15, 0.2) is 6.10 Å². The number of carbonyl (C=O) groups is 2. The van der Waals surface area contributed by atoms with Crippen LogP contribution in [0.4, 0.5) is 0 Å². The van der Waals surface area contributed by atoms with E-state index in [1.54, 1.807) is 6.92 Å². The molecule has 1 heterocycles. The van der Waals surface area contributed by atoms with Gasteiger partial charge in [0.2, 0.25) is 0 Å². The van der Waals surface area contributed by atoms with Gasteiger partial charge in [0.05, 0.1) is 5.56 Å². The molecule has 28 heavy (non-hydrogen) atoms. The Hall–Kier alpha value is -1.78. The average Bonchev–Trinajstić information content (AvgIpc) is 3.38. The molecule has 152 valence electrons. The van der Waals surface area contributed by atoms with Crippen molar-refractivity contribution in [3.8, 4) is 0 Å². The number of amides is 1. The summed E-state index contributed by atoms with van der Waals surface area (Å²) >= 11 is 0. The van der Waals surface area contributed by atoms with Gasteiger partial charge in [-0.2, -0.15) is 0 Å². The van der Waals surface area contributed by atoms with Crippen LogP contribution in [0.2, 0.25) is 0 Å². The predicted octanol–water partition coefficient (Wildman–Crippen LogP) is 4.07. The van der Waals surface area contributed by atoms with Gasteiger partial charge in [-0.3, -0.25) is 4.79 Å². The fraction of sp³-hybridized carbons (Fsp3) is 0.739. The summed E-state index contributed by atoms with van der Waals surface area (Å²) in [4.78, 5) is 25.6. The summed E-state index contributed by atoms with van der Waals surface area (Å²) in [5.74, 6) is 1.81. The van der Waals surface area contributed by atoms with Gasteiger partial charge in [0.25, 0.3) is 5.91 Å². The molecular formula is C23H32N2O3. The summed E-state index contributed by atoms with van der Waals surface area (Å²) < 4.78 is 7.83. The number of hydrogen-bond donors (Lipinski definition) is 1. The van der Waals surface area contributed by atoms with Crippen LogP contribution in [0.15, 0.2) is 6.07 Å². The minimum absolute atomic E-state index is 0.0473. The Balaban J connectivity index is 1.24. The fourth-order valence-electron chi connectivity index (χ4n) is 6.78. The van der Waals surface area contributed by atoms with Crippen LogP contribution in [0.3, 0.4) is 0 Å². The normalized spacial score (nSPS) is 34.3. The third kappa shape index (κ3) is 3.07. The second kappa shape index (κ2) is 6.36. The van der Waals surface area contributed by atoms with Gasteiger partial charge in [0, 0.05) is 23.0 Å². The van der Waals surface area contributed by atoms with Crippen molar-refractivity contribution in [1.29, 1.82) is 0 Å². The molecule has 0 aliphatic heterocycles. The lowest BCUT2D eigenvalue weighted by Gasteiger charge is -2.57. The lowest BCUT2D eigenvalue weighted by molar-refractivity contribution is -0.134. The number of nitrogens with zero attached hydrogens (tertiary/aromatic N) is 1. The molecule has 5 heteroatoms. The number of ether oxygens (including phenoxy) is 1. The lowest BCUT2D eigenvalue weighted by atomic mass is 9.53. The van der Waals surface area contributed by atoms with E-state index in [-0.39, 0.29) is 17.4 Å². The lowest BCUT2D eigenvalue weighted by Crippen LogP contribution is -2.61. The van der Waals surface area contributed by atoms with Gasteiger partial charge in [-0.1, -0.05) is 0 Å². The molecule has 5 saturated carbocycles. The quantitative estimate of drug-likeness (QED) is 0.779. The van der Waals surface area contributed by atoms with E-state index >= 15 is 0 Å². The molecular weight excluding hydrogens is 352 g/mol. The Morgan fingerprint density at radius 3 is 2.21 bits per heavy atom. The van der Waals surface area contributed by atoms with Crippen LogP contribution in [-0.2, 0) is 9.53 Å². The van der Waals surface area contributed by atoms with Crippen LogP contribution in [0.1, 0.15) is 86.1 Å². The maximum Gasteiger partial charge on any atom is 0.340 e. The van der Waals surface area contributed by atoms with E-state index < -0.39 is 6.10 Å². The highest BCUT2D eigenvalue weighted by Crippen LogP contribution is 2.55. The molecule has 1 aromatic rings. The van der Waals surface area contributed by atoms with E-state index in [0.717, 1.165) is 48.4 Å². The summed E-state index contributed by atoms with van der Waals surface area (Å²) in [6.45, 7) is 5.71. The highest BCUT2D eigenvalue weighted by atomic mass is 16.5. The summed E-state index contributed by atoms with van der Waals surface area (Å²) in [5.41, 5.74) is 2.60. The molecule has 1 aromatic heterocycles. The number of nitrogens with one attached hydrogen (secondary N) is 1. The van der Waals surface area contributed by atoms with Gasteiger partial charge in [-0.15, -0.1) is 0 Å². The molecule has 1 atom stereocenters. The molecule has 5 nitrogen and oxygen atoms in total. The summed E-state index contributed by atoms with van der Waals surface area (Å²) in [6, 6.07) is 2.43. The van der Waals surface area contributed by atoms with E-state index in [9.17, 15) is 9.59 Å². The molecule has 5 aliphatic rings. The van der Waals surface area contributed by atoms with Crippen molar-refractivity contribution < 1.29 is 14.3 Å². The van der Waals surface area contributed by atoms with E-state index in [1.807, 2.05) is 19.9 Å². The van der Waals surface area contributed by atoms with E-state index in [1.165, 1.54) is 32.1 Å². The van der Waals surface area contributed by atoms with Crippen molar-refractivity contribution in [2.24, 2.45) is 17.8 Å². The van der Waals surface area contributed by atoms with Gasteiger partial charge in [-0.05, 0) is 96.0 Å². The number of aromatic nitrogens is 1. The molecule has 6 rings (SSSR count). The fourth-order valence-corrected chi connectivity index (χ4v) is 6.78. The minimum Gasteiger partial charge on any atom is -0.449 e. The Labute approximate surface area is 167 Å². The van der Waals surface area contributed by atoms with Crippen molar-refractivity contribution in [2.45, 2.75) is 89.8 Å². The number of aryl methyl sites for hydroxylation is 1. The standard InChI is InChI=1S/C23H32N2O3/c1-13-6-20(14(2)25(13)19-4-5-19)22(27)28-15(3)21(26)24-23-10-16-7-17(11-23)9-18(8-16)12-23/h6,15-19H,4-5,7-12H2,1-3H3,(H,24,26)/t15-,16?,17?,18?,23?/m0/s1. The van der Waals surface area contributed by atoms with Crippen molar-refractivity contribution in [2.75, 3.05) is 0 Å². The van der Waals surface area contributed by atoms with E-state index in [4.69, 9.17) is 4.74 Å². The molecule has 0 aromatic carbocycles. The number of rotatable bonds is 5. The highest BCUT2D eigenvalue weighted by molar-refractivity contribution is 5.93. The molecule has 4 bridgehead atoms. The number of hydrogen-bond acceptors (Lipinski definition) is 3. The zero-order chi connectivity index (χ0) is 19.6. The molecule has 1 amide bonds. The van der Waals surface area contributed by atoms with Crippen LogP contribution in [-0.4, -0.2) is 28.1 Å². The monoisotopic (exact) mass is 384 g/mol. The molecule has 0 saturated heterocycles. The molecule has 0 spiro atoms. The maximum atomic E-state index is 12.9. The van der Waals surface area contributed by atoms with Gasteiger partial charge in [-0.25, -0.2) is 4.79 Å². The largest absolute Gasteiger partial charge is 0.449 e. The van der Waals surface area contributed by atoms with Crippen LogP contribution in [0.5, 0.6) is 0 Å². The smallest absolute Gasteiger partial charge is 0.340 e. The highest BCUT2D eigenvalue weighted by Gasteiger charge is 2.51. The first-order valence-electron chi connectivity index (χ1n) is 11.0. The maximum absolute atomic E-state index is 12.9. The van der Waals surface area contributed by atoms with Crippen LogP contribution in [0, 0.1) is 31.6 Å². The Bertz CT molecular complexity index is 785. The number of carbonyl (C=O) groups excluding carboxylic acids is 2. The topological polar surface area (TPSA) is 60.3 Å². The second-order valence-electron chi connectivity index (χ2n) is 10.1. The van der Waals surface area contributed by atoms with Crippen LogP contribution >= 0.6 is 0 Å². The SMILES string of the molecule is Cc1cc(C(=O)O[C@@H](C)C(=O)NC23CC4CC(CC(C4)C2)C3)c(C)n1C1CC1. The average molecular weight is 385 g/mol. The van der Waals surface area contributed by atoms with Crippen molar-refractivity contribution >= 4 is 11.9 Å². The van der Waals surface area contributed by atoms with Crippen LogP contribution in [0.25, 0.3) is 0 Å². The summed E-state index contributed by atoms with van der Waals surface area (Å²) in [7, 11) is 0. The zero-order valence-corrected chi connectivity index (χ0v) is 17.3. The van der Waals surface area contributed by atoms with Gasteiger partial charge in [0.1, 0.15) is 0 Å². The summed E-state index contributed by atoms with van der Waals surface area (Å²) in [6.07, 6.45) is 8.94. The number of esters is 1. The van der Waals surface area contributed by atoms with E-state index in [2.05, 4.69) is 9.88 Å².